The van der Waals surface area contributed by atoms with E-state index in [-0.39, 0.29) is 12.0 Å². The Morgan fingerprint density at radius 3 is 2.74 bits per heavy atom. The second-order valence-corrected chi connectivity index (χ2v) is 6.32. The van der Waals surface area contributed by atoms with Crippen molar-refractivity contribution in [1.82, 2.24) is 9.80 Å². The number of benzene rings is 1. The highest BCUT2D eigenvalue weighted by Crippen LogP contribution is 2.16. The van der Waals surface area contributed by atoms with Gasteiger partial charge in [0.15, 0.2) is 0 Å². The fourth-order valence-electron chi connectivity index (χ4n) is 2.76. The van der Waals surface area contributed by atoms with Crippen LogP contribution in [0.25, 0.3) is 0 Å². The number of rotatable bonds is 7. The molecule has 1 heterocycles. The molecule has 0 radical (unpaired) electrons. The molecule has 128 valence electrons. The van der Waals surface area contributed by atoms with E-state index in [0.29, 0.717) is 39.1 Å². The van der Waals surface area contributed by atoms with Crippen LogP contribution in [0.3, 0.4) is 0 Å². The first-order valence-electron chi connectivity index (χ1n) is 8.39. The van der Waals surface area contributed by atoms with Crippen LogP contribution in [0.2, 0.25) is 0 Å². The lowest BCUT2D eigenvalue weighted by Gasteiger charge is -2.31. The summed E-state index contributed by atoms with van der Waals surface area (Å²) in [4.78, 5) is 16.1. The molecule has 0 atom stereocenters. The van der Waals surface area contributed by atoms with E-state index in [0.717, 1.165) is 24.3 Å². The number of hydrogen-bond acceptors (Lipinski definition) is 4. The molecular weight excluding hydrogens is 292 g/mol. The minimum Gasteiger partial charge on any atom is -0.493 e. The second-order valence-electron chi connectivity index (χ2n) is 6.32. The van der Waals surface area contributed by atoms with Gasteiger partial charge in [0.05, 0.1) is 19.3 Å². The Morgan fingerprint density at radius 2 is 2.04 bits per heavy atom. The van der Waals surface area contributed by atoms with Crippen molar-refractivity contribution in [2.75, 3.05) is 39.8 Å². The van der Waals surface area contributed by atoms with Gasteiger partial charge in [-0.1, -0.05) is 18.2 Å². The van der Waals surface area contributed by atoms with E-state index < -0.39 is 0 Å². The van der Waals surface area contributed by atoms with Gasteiger partial charge in [-0.2, -0.15) is 0 Å². The van der Waals surface area contributed by atoms with Crippen molar-refractivity contribution in [3.8, 4) is 5.75 Å². The Morgan fingerprint density at radius 1 is 1.35 bits per heavy atom. The molecule has 0 saturated carbocycles. The van der Waals surface area contributed by atoms with Gasteiger partial charge in [0.1, 0.15) is 5.75 Å². The van der Waals surface area contributed by atoms with Crippen LogP contribution in [0.5, 0.6) is 5.75 Å². The number of para-hydroxylation sites is 1. The molecular formula is C18H28N2O3. The summed E-state index contributed by atoms with van der Waals surface area (Å²) in [6, 6.07) is 7.99. The zero-order valence-corrected chi connectivity index (χ0v) is 14.2. The summed E-state index contributed by atoms with van der Waals surface area (Å²) in [5.74, 6) is 1.08. The minimum absolute atomic E-state index is 0.152. The Bertz CT molecular complexity index is 499. The van der Waals surface area contributed by atoms with E-state index in [9.17, 15) is 9.90 Å². The molecule has 1 aliphatic heterocycles. The highest BCUT2D eigenvalue weighted by atomic mass is 16.5. The summed E-state index contributed by atoms with van der Waals surface area (Å²) in [6.45, 7) is 5.29. The lowest BCUT2D eigenvalue weighted by Crippen LogP contribution is -2.44. The van der Waals surface area contributed by atoms with Crippen molar-refractivity contribution in [3.63, 3.8) is 0 Å². The van der Waals surface area contributed by atoms with Crippen molar-refractivity contribution in [2.45, 2.75) is 32.3 Å². The molecule has 1 saturated heterocycles. The Kier molecular flexibility index (Phi) is 6.86. The third-order valence-corrected chi connectivity index (χ3v) is 4.26. The third-order valence-electron chi connectivity index (χ3n) is 4.26. The first-order valence-corrected chi connectivity index (χ1v) is 8.39. The predicted octanol–water partition coefficient (Wildman–Crippen LogP) is 1.68. The lowest BCUT2D eigenvalue weighted by atomic mass is 10.1. The Balaban J connectivity index is 1.62. The molecule has 0 unspecified atom stereocenters. The molecule has 0 spiro atoms. The normalized spacial score (nSPS) is 15.9. The molecule has 1 aliphatic rings. The fourth-order valence-corrected chi connectivity index (χ4v) is 2.76. The lowest BCUT2D eigenvalue weighted by molar-refractivity contribution is -0.134. The molecule has 2 rings (SSSR count). The zero-order chi connectivity index (χ0) is 16.7. The number of likely N-dealkylation sites (tertiary alicyclic amines) is 1. The number of likely N-dealkylation sites (N-methyl/N-ethyl adjacent to an activating group) is 1. The average molecular weight is 320 g/mol. The van der Waals surface area contributed by atoms with Gasteiger partial charge in [0.2, 0.25) is 5.91 Å². The maximum absolute atomic E-state index is 12.2. The zero-order valence-electron chi connectivity index (χ0n) is 14.2. The Hall–Kier alpha value is -1.59. The van der Waals surface area contributed by atoms with E-state index in [1.54, 1.807) is 0 Å². The van der Waals surface area contributed by atoms with Crippen LogP contribution in [0.1, 0.15) is 24.8 Å². The van der Waals surface area contributed by atoms with E-state index >= 15 is 0 Å². The number of aliphatic hydroxyl groups excluding tert-OH is 1. The fraction of sp³-hybridized carbons (Fsp3) is 0.611. The summed E-state index contributed by atoms with van der Waals surface area (Å²) in [7, 11) is 1.96. The molecule has 1 fully saturated rings. The maximum atomic E-state index is 12.2. The van der Waals surface area contributed by atoms with Crippen molar-refractivity contribution >= 4 is 5.91 Å². The molecule has 1 aromatic carbocycles. The number of carbonyl (C=O) groups excluding carboxylic acids is 1. The number of aryl methyl sites for hydroxylation is 1. The van der Waals surface area contributed by atoms with E-state index in [1.165, 1.54) is 0 Å². The summed E-state index contributed by atoms with van der Waals surface area (Å²) < 4.78 is 5.77. The average Bonchev–Trinajstić information content (AvgIpc) is 2.53. The minimum atomic E-state index is -0.240. The van der Waals surface area contributed by atoms with Crippen LogP contribution in [-0.4, -0.2) is 66.8 Å². The number of piperidine rings is 1. The Labute approximate surface area is 138 Å². The summed E-state index contributed by atoms with van der Waals surface area (Å²) in [5, 5.41) is 9.49. The van der Waals surface area contributed by atoms with Crippen LogP contribution in [-0.2, 0) is 4.79 Å². The van der Waals surface area contributed by atoms with Gasteiger partial charge in [-0.15, -0.1) is 0 Å². The van der Waals surface area contributed by atoms with Gasteiger partial charge in [-0.25, -0.2) is 0 Å². The standard InChI is InChI=1S/C18H28N2O3/c1-15-6-3-4-7-17(15)23-13-5-10-19(2)14-18(22)20-11-8-16(21)9-12-20/h3-4,6-7,16,21H,5,8-14H2,1-2H3. The smallest absolute Gasteiger partial charge is 0.236 e. The van der Waals surface area contributed by atoms with E-state index in [1.807, 2.05) is 48.0 Å². The van der Waals surface area contributed by atoms with Crippen LogP contribution in [0.4, 0.5) is 0 Å². The van der Waals surface area contributed by atoms with Crippen LogP contribution in [0.15, 0.2) is 24.3 Å². The third kappa shape index (κ3) is 5.84. The molecule has 1 amide bonds. The van der Waals surface area contributed by atoms with Gasteiger partial charge in [0.25, 0.3) is 0 Å². The van der Waals surface area contributed by atoms with Gasteiger partial charge >= 0.3 is 0 Å². The van der Waals surface area contributed by atoms with Crippen molar-refractivity contribution in [3.05, 3.63) is 29.8 Å². The largest absolute Gasteiger partial charge is 0.493 e. The number of amides is 1. The van der Waals surface area contributed by atoms with Crippen LogP contribution >= 0.6 is 0 Å². The van der Waals surface area contributed by atoms with Crippen molar-refractivity contribution in [2.24, 2.45) is 0 Å². The highest BCUT2D eigenvalue weighted by Gasteiger charge is 2.21. The summed E-state index contributed by atoms with van der Waals surface area (Å²) in [6.07, 6.45) is 2.03. The maximum Gasteiger partial charge on any atom is 0.236 e. The highest BCUT2D eigenvalue weighted by molar-refractivity contribution is 5.78. The molecule has 23 heavy (non-hydrogen) atoms. The summed E-state index contributed by atoms with van der Waals surface area (Å²) in [5.41, 5.74) is 1.14. The topological polar surface area (TPSA) is 53.0 Å². The molecule has 0 bridgehead atoms. The molecule has 1 aromatic rings. The molecule has 1 N–H and O–H groups in total. The first kappa shape index (κ1) is 17.8. The van der Waals surface area contributed by atoms with Gasteiger partial charge in [-0.3, -0.25) is 9.69 Å². The second kappa shape index (κ2) is 8.89. The SMILES string of the molecule is Cc1ccccc1OCCCN(C)CC(=O)N1CCC(O)CC1. The van der Waals surface area contributed by atoms with Crippen LogP contribution < -0.4 is 4.74 Å². The van der Waals surface area contributed by atoms with Gasteiger partial charge in [-0.05, 0) is 44.9 Å². The predicted molar refractivity (Wildman–Crippen MR) is 90.6 cm³/mol. The van der Waals surface area contributed by atoms with E-state index in [2.05, 4.69) is 0 Å². The number of hydrogen-bond donors (Lipinski definition) is 1. The van der Waals surface area contributed by atoms with Gasteiger partial charge < -0.3 is 14.7 Å². The number of aliphatic hydroxyl groups is 1. The molecule has 0 aromatic heterocycles. The number of carbonyl (C=O) groups is 1. The quantitative estimate of drug-likeness (QED) is 0.777. The first-order chi connectivity index (χ1) is 11.1. The van der Waals surface area contributed by atoms with Gasteiger partial charge in [0, 0.05) is 19.6 Å². The summed E-state index contributed by atoms with van der Waals surface area (Å²) >= 11 is 0. The monoisotopic (exact) mass is 320 g/mol. The molecule has 0 aliphatic carbocycles. The van der Waals surface area contributed by atoms with Crippen molar-refractivity contribution in [1.29, 1.82) is 0 Å². The number of ether oxygens (including phenoxy) is 1. The molecule has 5 nitrogen and oxygen atoms in total. The van der Waals surface area contributed by atoms with Crippen molar-refractivity contribution < 1.29 is 14.6 Å². The van der Waals surface area contributed by atoms with E-state index in [4.69, 9.17) is 4.74 Å². The molecule has 5 heteroatoms. The van der Waals surface area contributed by atoms with Crippen LogP contribution in [0, 0.1) is 6.92 Å². The number of nitrogens with zero attached hydrogens (tertiary/aromatic N) is 2.